The molecule has 1 aromatic carbocycles. The molecule has 1 N–H and O–H groups in total. The van der Waals surface area contributed by atoms with Gasteiger partial charge < -0.3 is 10.2 Å². The first-order chi connectivity index (χ1) is 8.66. The summed E-state index contributed by atoms with van der Waals surface area (Å²) >= 11 is 3.59. The summed E-state index contributed by atoms with van der Waals surface area (Å²) < 4.78 is 1.20. The molecule has 0 atom stereocenters. The lowest BCUT2D eigenvalue weighted by molar-refractivity contribution is 0.243. The summed E-state index contributed by atoms with van der Waals surface area (Å²) in [7, 11) is 0. The molecular weight excluding hydrogens is 288 g/mol. The van der Waals surface area contributed by atoms with Crippen LogP contribution in [0.15, 0.2) is 22.7 Å². The van der Waals surface area contributed by atoms with E-state index in [4.69, 9.17) is 0 Å². The fourth-order valence-electron chi connectivity index (χ4n) is 2.57. The molecule has 1 aliphatic heterocycles. The summed E-state index contributed by atoms with van der Waals surface area (Å²) in [5, 5.41) is 3.40. The summed E-state index contributed by atoms with van der Waals surface area (Å²) in [5.74, 6) is 0.608. The van der Waals surface area contributed by atoms with Crippen LogP contribution in [0.2, 0.25) is 0 Å². The van der Waals surface area contributed by atoms with Crippen molar-refractivity contribution < 1.29 is 0 Å². The van der Waals surface area contributed by atoms with E-state index in [9.17, 15) is 0 Å². The number of benzene rings is 1. The monoisotopic (exact) mass is 310 g/mol. The summed E-state index contributed by atoms with van der Waals surface area (Å²) in [6, 6.07) is 6.71. The van der Waals surface area contributed by atoms with Gasteiger partial charge in [-0.05, 0) is 35.6 Å². The zero-order valence-corrected chi connectivity index (χ0v) is 13.0. The van der Waals surface area contributed by atoms with Gasteiger partial charge in [0, 0.05) is 37.2 Å². The summed E-state index contributed by atoms with van der Waals surface area (Å²) in [4.78, 5) is 2.56. The molecule has 1 saturated heterocycles. The van der Waals surface area contributed by atoms with Crippen molar-refractivity contribution in [3.05, 3.63) is 33.8 Å². The van der Waals surface area contributed by atoms with Crippen LogP contribution in [0.4, 0.5) is 0 Å². The molecule has 1 aliphatic rings. The van der Waals surface area contributed by atoms with Gasteiger partial charge in [-0.25, -0.2) is 0 Å². The Morgan fingerprint density at radius 2 is 2.00 bits per heavy atom. The minimum Gasteiger partial charge on any atom is -0.314 e. The maximum atomic E-state index is 3.59. The Bertz CT molecular complexity index is 384. The first kappa shape index (κ1) is 14.0. The van der Waals surface area contributed by atoms with Gasteiger partial charge in [0.2, 0.25) is 0 Å². The molecule has 0 spiro atoms. The SMILES string of the molecule is CC(C)c1ccc(Br)cc1CCN1CCNCC1. The number of hydrogen-bond donors (Lipinski definition) is 1. The number of hydrogen-bond acceptors (Lipinski definition) is 2. The quantitative estimate of drug-likeness (QED) is 0.919. The highest BCUT2D eigenvalue weighted by atomic mass is 79.9. The third-order valence-electron chi connectivity index (χ3n) is 3.63. The molecule has 100 valence electrons. The molecule has 2 rings (SSSR count). The molecule has 1 heterocycles. The van der Waals surface area contributed by atoms with Crippen LogP contribution < -0.4 is 5.32 Å². The van der Waals surface area contributed by atoms with Gasteiger partial charge in [-0.2, -0.15) is 0 Å². The maximum Gasteiger partial charge on any atom is 0.0178 e. The van der Waals surface area contributed by atoms with Crippen LogP contribution in [-0.2, 0) is 6.42 Å². The molecule has 0 unspecified atom stereocenters. The summed E-state index contributed by atoms with van der Waals surface area (Å²) in [5.41, 5.74) is 2.99. The number of nitrogens with zero attached hydrogens (tertiary/aromatic N) is 1. The second kappa shape index (κ2) is 6.69. The van der Waals surface area contributed by atoms with E-state index in [1.807, 2.05) is 0 Å². The van der Waals surface area contributed by atoms with Gasteiger partial charge in [-0.3, -0.25) is 0 Å². The Labute approximate surface area is 119 Å². The Morgan fingerprint density at radius 3 is 2.67 bits per heavy atom. The summed E-state index contributed by atoms with van der Waals surface area (Å²) in [6.07, 6.45) is 1.16. The lowest BCUT2D eigenvalue weighted by Gasteiger charge is -2.27. The predicted octanol–water partition coefficient (Wildman–Crippen LogP) is 3.02. The number of halogens is 1. The van der Waals surface area contributed by atoms with Gasteiger partial charge in [0.25, 0.3) is 0 Å². The van der Waals surface area contributed by atoms with Crippen LogP contribution in [-0.4, -0.2) is 37.6 Å². The van der Waals surface area contributed by atoms with Gasteiger partial charge in [-0.1, -0.05) is 35.8 Å². The lowest BCUT2D eigenvalue weighted by atomic mass is 9.95. The van der Waals surface area contributed by atoms with Crippen molar-refractivity contribution in [3.63, 3.8) is 0 Å². The van der Waals surface area contributed by atoms with Gasteiger partial charge >= 0.3 is 0 Å². The molecule has 3 heteroatoms. The number of piperazine rings is 1. The first-order valence-electron chi connectivity index (χ1n) is 6.88. The Kier molecular flexibility index (Phi) is 5.22. The maximum absolute atomic E-state index is 3.59. The van der Waals surface area contributed by atoms with Crippen LogP contribution in [0.5, 0.6) is 0 Å². The van der Waals surface area contributed by atoms with E-state index >= 15 is 0 Å². The molecule has 1 fully saturated rings. The molecule has 0 saturated carbocycles. The van der Waals surface area contributed by atoms with E-state index < -0.39 is 0 Å². The largest absolute Gasteiger partial charge is 0.314 e. The van der Waals surface area contributed by atoms with E-state index in [2.05, 4.69) is 58.2 Å². The van der Waals surface area contributed by atoms with Crippen molar-refractivity contribution >= 4 is 15.9 Å². The van der Waals surface area contributed by atoms with Crippen LogP contribution in [0.3, 0.4) is 0 Å². The van der Waals surface area contributed by atoms with Crippen LogP contribution in [0.25, 0.3) is 0 Å². The zero-order valence-electron chi connectivity index (χ0n) is 11.4. The van der Waals surface area contributed by atoms with Crippen molar-refractivity contribution in [1.29, 1.82) is 0 Å². The fraction of sp³-hybridized carbons (Fsp3) is 0.600. The van der Waals surface area contributed by atoms with Gasteiger partial charge in [0.1, 0.15) is 0 Å². The third-order valence-corrected chi connectivity index (χ3v) is 4.13. The first-order valence-corrected chi connectivity index (χ1v) is 7.67. The molecule has 2 nitrogen and oxygen atoms in total. The van der Waals surface area contributed by atoms with Crippen molar-refractivity contribution in [2.24, 2.45) is 0 Å². The topological polar surface area (TPSA) is 15.3 Å². The average Bonchev–Trinajstić information content (AvgIpc) is 2.37. The van der Waals surface area contributed by atoms with Crippen molar-refractivity contribution in [3.8, 4) is 0 Å². The number of nitrogens with one attached hydrogen (secondary N) is 1. The lowest BCUT2D eigenvalue weighted by Crippen LogP contribution is -2.44. The predicted molar refractivity (Wildman–Crippen MR) is 81.2 cm³/mol. The van der Waals surface area contributed by atoms with E-state index in [1.54, 1.807) is 0 Å². The van der Waals surface area contributed by atoms with Gasteiger partial charge in [-0.15, -0.1) is 0 Å². The average molecular weight is 311 g/mol. The highest BCUT2D eigenvalue weighted by molar-refractivity contribution is 9.10. The molecule has 0 aromatic heterocycles. The molecule has 0 amide bonds. The van der Waals surface area contributed by atoms with Crippen LogP contribution in [0.1, 0.15) is 30.9 Å². The molecule has 0 radical (unpaired) electrons. The van der Waals surface area contributed by atoms with Crippen molar-refractivity contribution in [1.82, 2.24) is 10.2 Å². The van der Waals surface area contributed by atoms with Crippen molar-refractivity contribution in [2.45, 2.75) is 26.2 Å². The fourth-order valence-corrected chi connectivity index (χ4v) is 2.98. The minimum absolute atomic E-state index is 0.608. The van der Waals surface area contributed by atoms with Gasteiger partial charge in [0.05, 0.1) is 0 Å². The standard InChI is InChI=1S/C15H23BrN2/c1-12(2)15-4-3-14(16)11-13(15)5-8-18-9-6-17-7-10-18/h3-4,11-12,17H,5-10H2,1-2H3. The summed E-state index contributed by atoms with van der Waals surface area (Å²) in [6.45, 7) is 10.4. The highest BCUT2D eigenvalue weighted by Gasteiger charge is 2.12. The number of rotatable bonds is 4. The highest BCUT2D eigenvalue weighted by Crippen LogP contribution is 2.24. The van der Waals surface area contributed by atoms with E-state index in [0.29, 0.717) is 5.92 Å². The van der Waals surface area contributed by atoms with Crippen LogP contribution >= 0.6 is 15.9 Å². The Balaban J connectivity index is 2.00. The van der Waals surface area contributed by atoms with E-state index in [0.717, 1.165) is 19.5 Å². The molecule has 1 aromatic rings. The molecular formula is C15H23BrN2. The molecule has 18 heavy (non-hydrogen) atoms. The molecule has 0 bridgehead atoms. The van der Waals surface area contributed by atoms with E-state index in [-0.39, 0.29) is 0 Å². The normalized spacial score (nSPS) is 17.3. The van der Waals surface area contributed by atoms with Crippen LogP contribution in [0, 0.1) is 0 Å². The third kappa shape index (κ3) is 3.81. The van der Waals surface area contributed by atoms with Crippen molar-refractivity contribution in [2.75, 3.05) is 32.7 Å². The van der Waals surface area contributed by atoms with E-state index in [1.165, 1.54) is 35.2 Å². The van der Waals surface area contributed by atoms with Gasteiger partial charge in [0.15, 0.2) is 0 Å². The second-order valence-corrected chi connectivity index (χ2v) is 6.26. The molecule has 0 aliphatic carbocycles. The Hall–Kier alpha value is -0.380. The smallest absolute Gasteiger partial charge is 0.0178 e. The Morgan fingerprint density at radius 1 is 1.28 bits per heavy atom. The zero-order chi connectivity index (χ0) is 13.0. The minimum atomic E-state index is 0.608. The second-order valence-electron chi connectivity index (χ2n) is 5.34.